The minimum atomic E-state index is -2.60. The maximum absolute atomic E-state index is 13.8. The summed E-state index contributed by atoms with van der Waals surface area (Å²) in [6.45, 7) is 6.67. The highest BCUT2D eigenvalue weighted by molar-refractivity contribution is 7.87. The summed E-state index contributed by atoms with van der Waals surface area (Å²) in [7, 11) is -3.37. The average molecular weight is 538 g/mol. The number of hydrogen-bond donors (Lipinski definition) is 0. The average Bonchev–Trinajstić information content (AvgIpc) is 2.98. The third kappa shape index (κ3) is 5.52. The summed E-state index contributed by atoms with van der Waals surface area (Å²) in [5, 5.41) is 4.63. The normalized spacial score (nSPS) is 13.6. The van der Waals surface area contributed by atoms with Crippen molar-refractivity contribution in [3.8, 4) is 0 Å². The second-order valence-electron chi connectivity index (χ2n) is 9.86. The lowest BCUT2D eigenvalue weighted by molar-refractivity contribution is -0.141. The quantitative estimate of drug-likeness (QED) is 0.109. The first-order valence-corrected chi connectivity index (χ1v) is 17.8. The van der Waals surface area contributed by atoms with Gasteiger partial charge < -0.3 is 4.74 Å². The van der Waals surface area contributed by atoms with Gasteiger partial charge in [0.15, 0.2) is 6.04 Å². The minimum absolute atomic E-state index is 0.0992. The molecule has 0 aliphatic carbocycles. The van der Waals surface area contributed by atoms with E-state index >= 15 is 0 Å². The molecule has 4 aromatic carbocycles. The van der Waals surface area contributed by atoms with Gasteiger partial charge in [-0.05, 0) is 6.92 Å². The van der Waals surface area contributed by atoms with Crippen molar-refractivity contribution in [2.24, 2.45) is 4.74 Å². The van der Waals surface area contributed by atoms with E-state index in [2.05, 4.69) is 122 Å². The number of ether oxygens (including phenoxy) is 1. The van der Waals surface area contributed by atoms with Crippen molar-refractivity contribution in [2.75, 3.05) is 7.11 Å². The SMILES string of the molecule is C/C=C/[C@H]([C@H](N=P(c1ccccc1)(c1ccccc1)c1ccccc1)C(=O)OC)[Si](C)(C)c1ccccc1. The fourth-order valence-electron chi connectivity index (χ4n) is 5.16. The van der Waals surface area contributed by atoms with E-state index in [4.69, 9.17) is 9.48 Å². The van der Waals surface area contributed by atoms with Gasteiger partial charge in [0, 0.05) is 21.5 Å². The van der Waals surface area contributed by atoms with Crippen LogP contribution in [0.5, 0.6) is 0 Å². The molecule has 3 nitrogen and oxygen atoms in total. The van der Waals surface area contributed by atoms with Gasteiger partial charge in [-0.15, -0.1) is 0 Å². The molecule has 5 heteroatoms. The predicted molar refractivity (Wildman–Crippen MR) is 166 cm³/mol. The highest BCUT2D eigenvalue weighted by atomic mass is 31.2. The van der Waals surface area contributed by atoms with E-state index in [9.17, 15) is 4.79 Å². The number of carbonyl (C=O) groups excluding carboxylic acids is 1. The van der Waals surface area contributed by atoms with Crippen LogP contribution in [0.25, 0.3) is 0 Å². The summed E-state index contributed by atoms with van der Waals surface area (Å²) in [6.07, 6.45) is 4.24. The fraction of sp³-hybridized carbons (Fsp3) is 0.182. The van der Waals surface area contributed by atoms with Crippen LogP contribution >= 0.6 is 7.05 Å². The Morgan fingerprint density at radius 1 is 0.737 bits per heavy atom. The van der Waals surface area contributed by atoms with Crippen LogP contribution in [0.1, 0.15) is 6.92 Å². The summed E-state index contributed by atoms with van der Waals surface area (Å²) in [5.41, 5.74) is -0.0992. The van der Waals surface area contributed by atoms with Crippen LogP contribution in [0.4, 0.5) is 0 Å². The molecule has 0 aliphatic heterocycles. The Bertz CT molecular complexity index is 1300. The number of hydrogen-bond acceptors (Lipinski definition) is 3. The molecule has 4 rings (SSSR count). The lowest BCUT2D eigenvalue weighted by Gasteiger charge is -2.36. The van der Waals surface area contributed by atoms with E-state index in [0.29, 0.717) is 0 Å². The van der Waals surface area contributed by atoms with Crippen molar-refractivity contribution in [1.29, 1.82) is 0 Å². The first-order chi connectivity index (χ1) is 18.4. The Morgan fingerprint density at radius 3 is 1.50 bits per heavy atom. The number of carbonyl (C=O) groups is 1. The van der Waals surface area contributed by atoms with Crippen molar-refractivity contribution in [3.63, 3.8) is 0 Å². The van der Waals surface area contributed by atoms with Crippen molar-refractivity contribution < 1.29 is 9.53 Å². The van der Waals surface area contributed by atoms with Gasteiger partial charge in [0.05, 0.1) is 22.2 Å². The van der Waals surface area contributed by atoms with Crippen LogP contribution in [-0.4, -0.2) is 27.2 Å². The summed E-state index contributed by atoms with van der Waals surface area (Å²) in [4.78, 5) is 13.8. The van der Waals surface area contributed by atoms with Crippen LogP contribution < -0.4 is 21.1 Å². The van der Waals surface area contributed by atoms with E-state index in [0.717, 1.165) is 15.9 Å². The molecule has 4 aromatic rings. The number of esters is 1. The van der Waals surface area contributed by atoms with Crippen LogP contribution in [-0.2, 0) is 9.53 Å². The summed E-state index contributed by atoms with van der Waals surface area (Å²) in [6, 6.07) is 41.2. The Balaban J connectivity index is 2.11. The molecule has 0 saturated heterocycles. The molecule has 0 saturated carbocycles. The summed E-state index contributed by atoms with van der Waals surface area (Å²) >= 11 is 0. The van der Waals surface area contributed by atoms with Crippen LogP contribution in [0.3, 0.4) is 0 Å². The Hall–Kier alpha value is -3.46. The van der Waals surface area contributed by atoms with Gasteiger partial charge >= 0.3 is 5.97 Å². The molecule has 0 radical (unpaired) electrons. The van der Waals surface area contributed by atoms with Gasteiger partial charge in [0.2, 0.25) is 0 Å². The molecule has 0 amide bonds. The number of nitrogens with zero attached hydrogens (tertiary/aromatic N) is 1. The zero-order chi connectivity index (χ0) is 27.0. The first kappa shape index (κ1) is 27.6. The van der Waals surface area contributed by atoms with Crippen LogP contribution in [0.15, 0.2) is 138 Å². The van der Waals surface area contributed by atoms with Crippen molar-refractivity contribution >= 4 is 42.2 Å². The van der Waals surface area contributed by atoms with Gasteiger partial charge in [-0.2, -0.15) is 0 Å². The second-order valence-corrected chi connectivity index (χ2v) is 17.6. The Labute approximate surface area is 228 Å². The molecule has 0 unspecified atom stereocenters. The molecule has 0 aromatic heterocycles. The molecule has 0 spiro atoms. The monoisotopic (exact) mass is 537 g/mol. The second kappa shape index (κ2) is 12.4. The Morgan fingerprint density at radius 2 is 1.13 bits per heavy atom. The molecule has 0 bridgehead atoms. The molecular weight excluding hydrogens is 501 g/mol. The van der Waals surface area contributed by atoms with Crippen LogP contribution in [0, 0.1) is 0 Å². The molecule has 2 atom stereocenters. The topological polar surface area (TPSA) is 38.7 Å². The Kier molecular flexibility index (Phi) is 8.99. The van der Waals surface area contributed by atoms with E-state index in [1.54, 1.807) is 0 Å². The van der Waals surface area contributed by atoms with Gasteiger partial charge in [-0.3, -0.25) is 4.74 Å². The molecular formula is C33H36NO2PSi. The zero-order valence-electron chi connectivity index (χ0n) is 22.6. The number of rotatable bonds is 9. The largest absolute Gasteiger partial charge is 0.467 e. The summed E-state index contributed by atoms with van der Waals surface area (Å²) < 4.78 is 11.2. The van der Waals surface area contributed by atoms with E-state index < -0.39 is 21.2 Å². The third-order valence-electron chi connectivity index (χ3n) is 7.22. The van der Waals surface area contributed by atoms with Gasteiger partial charge in [-0.1, -0.05) is 152 Å². The highest BCUT2D eigenvalue weighted by Crippen LogP contribution is 2.49. The molecule has 38 heavy (non-hydrogen) atoms. The standard InChI is InChI=1S/C33H36NO2PSi/c1-5-18-31(38(3,4)30-25-16-9-17-26-30)32(33(35)36-2)34-37(27-19-10-6-11-20-27,28-21-12-7-13-22-28)29-23-14-8-15-24-29/h5-26,31-32H,1-4H3/b18-5+/t31-,32+/m1/s1. The van der Waals surface area contributed by atoms with Crippen molar-refractivity contribution in [3.05, 3.63) is 133 Å². The maximum atomic E-state index is 13.8. The fourth-order valence-corrected chi connectivity index (χ4v) is 12.1. The van der Waals surface area contributed by atoms with E-state index in [-0.39, 0.29) is 11.5 Å². The van der Waals surface area contributed by atoms with Crippen molar-refractivity contribution in [2.45, 2.75) is 31.6 Å². The molecule has 0 aliphatic rings. The predicted octanol–water partition coefficient (Wildman–Crippen LogP) is 6.27. The molecule has 194 valence electrons. The highest BCUT2D eigenvalue weighted by Gasteiger charge is 2.43. The maximum Gasteiger partial charge on any atom is 0.330 e. The summed E-state index contributed by atoms with van der Waals surface area (Å²) in [5.74, 6) is -0.295. The minimum Gasteiger partial charge on any atom is -0.467 e. The van der Waals surface area contributed by atoms with Crippen molar-refractivity contribution in [1.82, 2.24) is 0 Å². The van der Waals surface area contributed by atoms with Crippen LogP contribution in [0.2, 0.25) is 18.6 Å². The number of benzene rings is 4. The lowest BCUT2D eigenvalue weighted by atomic mass is 10.2. The van der Waals surface area contributed by atoms with E-state index in [1.807, 2.05) is 31.2 Å². The van der Waals surface area contributed by atoms with Gasteiger partial charge in [0.25, 0.3) is 0 Å². The number of allylic oxidation sites excluding steroid dienone is 1. The smallest absolute Gasteiger partial charge is 0.330 e. The zero-order valence-corrected chi connectivity index (χ0v) is 24.5. The number of methoxy groups -OCH3 is 1. The molecule has 0 N–H and O–H groups in total. The first-order valence-electron chi connectivity index (χ1n) is 13.0. The van der Waals surface area contributed by atoms with Gasteiger partial charge in [0.1, 0.15) is 0 Å². The van der Waals surface area contributed by atoms with E-state index in [1.165, 1.54) is 12.3 Å². The molecule has 0 heterocycles. The third-order valence-corrected chi connectivity index (χ3v) is 14.9. The van der Waals surface area contributed by atoms with Gasteiger partial charge in [-0.25, -0.2) is 4.79 Å². The lowest BCUT2D eigenvalue weighted by Crippen LogP contribution is -2.51. The molecule has 0 fully saturated rings.